The average molecular weight is 501 g/mol. The van der Waals surface area contributed by atoms with Crippen molar-refractivity contribution in [1.29, 1.82) is 0 Å². The Kier molecular flexibility index (Phi) is 6.33. The van der Waals surface area contributed by atoms with Gasteiger partial charge >= 0.3 is 6.18 Å². The van der Waals surface area contributed by atoms with Crippen LogP contribution in [0, 0.1) is 10.1 Å². The molecule has 0 saturated carbocycles. The summed E-state index contributed by atoms with van der Waals surface area (Å²) in [6.45, 7) is 0. The van der Waals surface area contributed by atoms with Crippen LogP contribution < -0.4 is 9.44 Å². The Morgan fingerprint density at radius 3 is 1.70 bits per heavy atom. The van der Waals surface area contributed by atoms with Crippen LogP contribution in [0.5, 0.6) is 0 Å². The van der Waals surface area contributed by atoms with Crippen LogP contribution in [0.25, 0.3) is 0 Å². The molecule has 9 nitrogen and oxygen atoms in total. The van der Waals surface area contributed by atoms with Crippen molar-refractivity contribution in [2.45, 2.75) is 16.0 Å². The van der Waals surface area contributed by atoms with E-state index in [1.807, 2.05) is 4.72 Å². The van der Waals surface area contributed by atoms with Crippen molar-refractivity contribution >= 4 is 37.1 Å². The van der Waals surface area contributed by atoms with Crippen LogP contribution in [0.3, 0.4) is 0 Å². The standard InChI is InChI=1S/C19H14F3N3O6S2/c20-19(21,22)13-2-1-3-15(12-13)24-33(30,31)17-8-4-14(5-9-17)23-32(28,29)18-10-6-16(7-11-18)25(26)27/h1-12,23-24H. The van der Waals surface area contributed by atoms with E-state index in [9.17, 15) is 40.1 Å². The van der Waals surface area contributed by atoms with Crippen LogP contribution in [0.1, 0.15) is 5.56 Å². The normalized spacial score (nSPS) is 12.2. The van der Waals surface area contributed by atoms with Crippen LogP contribution in [0.2, 0.25) is 0 Å². The molecule has 3 aromatic rings. The van der Waals surface area contributed by atoms with E-state index in [4.69, 9.17) is 0 Å². The Labute approximate surface area is 186 Å². The molecule has 0 atom stereocenters. The van der Waals surface area contributed by atoms with Crippen LogP contribution in [-0.4, -0.2) is 21.8 Å². The zero-order valence-corrected chi connectivity index (χ0v) is 17.9. The number of rotatable bonds is 7. The maximum atomic E-state index is 12.8. The third-order valence-corrected chi connectivity index (χ3v) is 7.01. The second-order valence-corrected chi connectivity index (χ2v) is 9.93. The Hall–Kier alpha value is -3.65. The van der Waals surface area contributed by atoms with Crippen molar-refractivity contribution in [2.75, 3.05) is 9.44 Å². The molecule has 0 spiro atoms. The maximum Gasteiger partial charge on any atom is 0.416 e. The highest BCUT2D eigenvalue weighted by atomic mass is 32.2. The smallest absolute Gasteiger partial charge is 0.280 e. The first-order chi connectivity index (χ1) is 15.3. The van der Waals surface area contributed by atoms with Crippen LogP contribution in [0.15, 0.2) is 82.6 Å². The highest BCUT2D eigenvalue weighted by Gasteiger charge is 2.30. The Morgan fingerprint density at radius 1 is 0.727 bits per heavy atom. The van der Waals surface area contributed by atoms with E-state index in [0.29, 0.717) is 6.07 Å². The quantitative estimate of drug-likeness (QED) is 0.368. The first kappa shape index (κ1) is 24.0. The third kappa shape index (κ3) is 5.78. The molecule has 33 heavy (non-hydrogen) atoms. The van der Waals surface area contributed by atoms with Crippen LogP contribution >= 0.6 is 0 Å². The molecule has 0 unspecified atom stereocenters. The number of sulfonamides is 2. The van der Waals surface area contributed by atoms with Crippen molar-refractivity contribution in [3.8, 4) is 0 Å². The van der Waals surface area contributed by atoms with Gasteiger partial charge in [0, 0.05) is 23.5 Å². The number of alkyl halides is 3. The van der Waals surface area contributed by atoms with Crippen LogP contribution in [0.4, 0.5) is 30.2 Å². The van der Waals surface area contributed by atoms with E-state index in [2.05, 4.69) is 4.72 Å². The number of hydrogen-bond donors (Lipinski definition) is 2. The number of halogens is 3. The van der Waals surface area contributed by atoms with Gasteiger partial charge in [-0.25, -0.2) is 16.8 Å². The van der Waals surface area contributed by atoms with Gasteiger partial charge in [0.2, 0.25) is 0 Å². The second kappa shape index (κ2) is 8.71. The lowest BCUT2D eigenvalue weighted by molar-refractivity contribution is -0.384. The van der Waals surface area contributed by atoms with Gasteiger partial charge in [0.25, 0.3) is 25.7 Å². The molecule has 3 aromatic carbocycles. The second-order valence-electron chi connectivity index (χ2n) is 6.56. The molecular weight excluding hydrogens is 487 g/mol. The maximum absolute atomic E-state index is 12.8. The number of nitro benzene ring substituents is 1. The van der Waals surface area contributed by atoms with Gasteiger partial charge < -0.3 is 0 Å². The zero-order chi connectivity index (χ0) is 24.4. The summed E-state index contributed by atoms with van der Waals surface area (Å²) in [6, 6.07) is 12.2. The van der Waals surface area contributed by atoms with E-state index >= 15 is 0 Å². The summed E-state index contributed by atoms with van der Waals surface area (Å²) in [7, 11) is -8.38. The Morgan fingerprint density at radius 2 is 1.21 bits per heavy atom. The lowest BCUT2D eigenvalue weighted by atomic mass is 10.2. The summed E-state index contributed by atoms with van der Waals surface area (Å²) >= 11 is 0. The fourth-order valence-corrected chi connectivity index (χ4v) is 4.74. The monoisotopic (exact) mass is 501 g/mol. The number of nitrogens with zero attached hydrogens (tertiary/aromatic N) is 1. The molecule has 0 fully saturated rings. The highest BCUT2D eigenvalue weighted by molar-refractivity contribution is 7.93. The van der Waals surface area contributed by atoms with E-state index in [-0.39, 0.29) is 26.9 Å². The minimum atomic E-state index is -4.65. The molecule has 0 saturated heterocycles. The van der Waals surface area contributed by atoms with Crippen molar-refractivity contribution < 1.29 is 34.9 Å². The summed E-state index contributed by atoms with van der Waals surface area (Å²) in [5, 5.41) is 10.7. The number of nitro groups is 1. The first-order valence-electron chi connectivity index (χ1n) is 8.85. The number of anilines is 2. The zero-order valence-electron chi connectivity index (χ0n) is 16.3. The topological polar surface area (TPSA) is 135 Å². The van der Waals surface area contributed by atoms with E-state index < -0.39 is 36.7 Å². The predicted octanol–water partition coefficient (Wildman–Crippen LogP) is 4.22. The van der Waals surface area contributed by atoms with Crippen LogP contribution in [-0.2, 0) is 26.2 Å². The number of benzene rings is 3. The molecule has 0 amide bonds. The fourth-order valence-electron chi connectivity index (χ4n) is 2.64. The van der Waals surface area contributed by atoms with Gasteiger partial charge in [-0.05, 0) is 54.6 Å². The van der Waals surface area contributed by atoms with Gasteiger partial charge in [-0.2, -0.15) is 13.2 Å². The largest absolute Gasteiger partial charge is 0.416 e. The average Bonchev–Trinajstić information content (AvgIpc) is 2.73. The Bertz CT molecular complexity index is 1390. The van der Waals surface area contributed by atoms with E-state index in [1.54, 1.807) is 0 Å². The third-order valence-electron chi connectivity index (χ3n) is 4.22. The van der Waals surface area contributed by atoms with Gasteiger partial charge in [-0.3, -0.25) is 19.6 Å². The summed E-state index contributed by atoms with van der Waals surface area (Å²) in [5.41, 5.74) is -1.63. The molecule has 0 aliphatic rings. The SMILES string of the molecule is O=[N+]([O-])c1ccc(S(=O)(=O)Nc2ccc(S(=O)(=O)Nc3cccc(C(F)(F)F)c3)cc2)cc1. The molecule has 2 N–H and O–H groups in total. The molecule has 14 heteroatoms. The number of nitrogens with one attached hydrogen (secondary N) is 2. The lowest BCUT2D eigenvalue weighted by Crippen LogP contribution is -2.15. The number of hydrogen-bond acceptors (Lipinski definition) is 6. The highest BCUT2D eigenvalue weighted by Crippen LogP contribution is 2.31. The summed E-state index contributed by atoms with van der Waals surface area (Å²) in [6.07, 6.45) is -4.65. The van der Waals surface area contributed by atoms with E-state index in [1.165, 1.54) is 0 Å². The molecular formula is C19H14F3N3O6S2. The van der Waals surface area contributed by atoms with E-state index in [0.717, 1.165) is 66.7 Å². The molecule has 174 valence electrons. The Balaban J connectivity index is 1.77. The van der Waals surface area contributed by atoms with Gasteiger partial charge in [-0.15, -0.1) is 0 Å². The summed E-state index contributed by atoms with van der Waals surface area (Å²) in [4.78, 5) is 9.42. The summed E-state index contributed by atoms with van der Waals surface area (Å²) in [5.74, 6) is 0. The molecule has 0 aliphatic carbocycles. The summed E-state index contributed by atoms with van der Waals surface area (Å²) < 4.78 is 92.5. The minimum absolute atomic E-state index is 0.00799. The molecule has 0 heterocycles. The molecule has 0 radical (unpaired) electrons. The predicted molar refractivity (Wildman–Crippen MR) is 113 cm³/mol. The van der Waals surface area contributed by atoms with Gasteiger partial charge in [0.05, 0.1) is 20.3 Å². The van der Waals surface area contributed by atoms with Crippen molar-refractivity contribution in [1.82, 2.24) is 0 Å². The minimum Gasteiger partial charge on any atom is -0.280 e. The van der Waals surface area contributed by atoms with Gasteiger partial charge in [0.15, 0.2) is 0 Å². The molecule has 0 bridgehead atoms. The van der Waals surface area contributed by atoms with Gasteiger partial charge in [0.1, 0.15) is 0 Å². The molecule has 0 aromatic heterocycles. The number of non-ortho nitro benzene ring substituents is 1. The molecule has 3 rings (SSSR count). The fraction of sp³-hybridized carbons (Fsp3) is 0.0526. The first-order valence-corrected chi connectivity index (χ1v) is 11.8. The van der Waals surface area contributed by atoms with Crippen molar-refractivity contribution in [3.63, 3.8) is 0 Å². The van der Waals surface area contributed by atoms with Crippen molar-refractivity contribution in [2.24, 2.45) is 0 Å². The van der Waals surface area contributed by atoms with Crippen molar-refractivity contribution in [3.05, 3.63) is 88.5 Å². The lowest BCUT2D eigenvalue weighted by Gasteiger charge is -2.12. The molecule has 0 aliphatic heterocycles. The van der Waals surface area contributed by atoms with Gasteiger partial charge in [-0.1, -0.05) is 6.07 Å².